The zero-order valence-corrected chi connectivity index (χ0v) is 12.9. The second kappa shape index (κ2) is 6.66. The van der Waals surface area contributed by atoms with Crippen molar-refractivity contribution < 1.29 is 14.7 Å². The molecular weight excluding hydrogens is 310 g/mol. The van der Waals surface area contributed by atoms with Crippen LogP contribution >= 0.6 is 0 Å². The molecule has 2 aromatic rings. The standard InChI is InChI=1S/C17H17N3O4/c21-15-14(8-18-10-19-15)16(22)20-7-1-2-13(9-20)11-3-5-12(6-4-11)17(23)24/h3-6,8,10,13H,1-2,7,9H2,(H,23,24)(H,18,19,21). The Morgan fingerprint density at radius 1 is 1.25 bits per heavy atom. The van der Waals surface area contributed by atoms with Gasteiger partial charge < -0.3 is 15.0 Å². The van der Waals surface area contributed by atoms with Gasteiger partial charge in [-0.1, -0.05) is 12.1 Å². The largest absolute Gasteiger partial charge is 0.478 e. The molecule has 24 heavy (non-hydrogen) atoms. The number of nitrogens with one attached hydrogen (secondary N) is 1. The fraction of sp³-hybridized carbons (Fsp3) is 0.294. The minimum absolute atomic E-state index is 0.0411. The van der Waals surface area contributed by atoms with E-state index in [9.17, 15) is 14.4 Å². The van der Waals surface area contributed by atoms with Crippen LogP contribution in [0.1, 0.15) is 45.0 Å². The number of hydrogen-bond donors (Lipinski definition) is 2. The number of rotatable bonds is 3. The Balaban J connectivity index is 1.77. The number of carboxylic acid groups (broad SMARTS) is 1. The van der Waals surface area contributed by atoms with Gasteiger partial charge in [-0.25, -0.2) is 9.78 Å². The molecule has 1 saturated heterocycles. The number of aromatic carboxylic acids is 1. The molecule has 1 aliphatic heterocycles. The molecule has 2 heterocycles. The van der Waals surface area contributed by atoms with E-state index in [2.05, 4.69) is 9.97 Å². The third-order valence-electron chi connectivity index (χ3n) is 4.29. The van der Waals surface area contributed by atoms with Crippen molar-refractivity contribution in [1.29, 1.82) is 0 Å². The second-order valence-electron chi connectivity index (χ2n) is 5.81. The zero-order chi connectivity index (χ0) is 17.1. The molecule has 0 bridgehead atoms. The molecule has 1 amide bonds. The number of hydrogen-bond acceptors (Lipinski definition) is 4. The van der Waals surface area contributed by atoms with Gasteiger partial charge >= 0.3 is 5.97 Å². The summed E-state index contributed by atoms with van der Waals surface area (Å²) in [7, 11) is 0. The molecule has 1 aliphatic rings. The lowest BCUT2D eigenvalue weighted by Crippen LogP contribution is -2.41. The van der Waals surface area contributed by atoms with E-state index in [-0.39, 0.29) is 23.0 Å². The first-order valence-electron chi connectivity index (χ1n) is 7.71. The molecule has 2 N–H and O–H groups in total. The summed E-state index contributed by atoms with van der Waals surface area (Å²) in [6.07, 6.45) is 4.28. The topological polar surface area (TPSA) is 103 Å². The lowest BCUT2D eigenvalue weighted by molar-refractivity contribution is 0.0693. The van der Waals surface area contributed by atoms with E-state index in [4.69, 9.17) is 5.11 Å². The van der Waals surface area contributed by atoms with E-state index in [1.54, 1.807) is 29.2 Å². The summed E-state index contributed by atoms with van der Waals surface area (Å²) in [5, 5.41) is 8.96. The van der Waals surface area contributed by atoms with Crippen LogP contribution in [0.5, 0.6) is 0 Å². The summed E-state index contributed by atoms with van der Waals surface area (Å²) in [4.78, 5) is 43.1. The van der Waals surface area contributed by atoms with Gasteiger partial charge in [-0.15, -0.1) is 0 Å². The molecule has 1 aromatic heterocycles. The maximum absolute atomic E-state index is 12.5. The molecule has 0 spiro atoms. The highest BCUT2D eigenvalue weighted by Gasteiger charge is 2.27. The molecule has 1 fully saturated rings. The Labute approximate surface area is 138 Å². The molecule has 0 saturated carbocycles. The average molecular weight is 327 g/mol. The highest BCUT2D eigenvalue weighted by molar-refractivity contribution is 5.93. The van der Waals surface area contributed by atoms with Crippen molar-refractivity contribution in [3.8, 4) is 0 Å². The van der Waals surface area contributed by atoms with Crippen molar-refractivity contribution >= 4 is 11.9 Å². The average Bonchev–Trinajstić information content (AvgIpc) is 2.62. The molecule has 0 aliphatic carbocycles. The van der Waals surface area contributed by atoms with E-state index in [1.165, 1.54) is 12.5 Å². The Morgan fingerprint density at radius 3 is 2.67 bits per heavy atom. The number of amides is 1. The first-order valence-corrected chi connectivity index (χ1v) is 7.71. The Bertz CT molecular complexity index is 813. The van der Waals surface area contributed by atoms with E-state index < -0.39 is 11.5 Å². The number of nitrogens with zero attached hydrogens (tertiary/aromatic N) is 2. The van der Waals surface area contributed by atoms with Gasteiger partial charge in [0, 0.05) is 25.2 Å². The quantitative estimate of drug-likeness (QED) is 0.889. The number of aromatic nitrogens is 2. The fourth-order valence-electron chi connectivity index (χ4n) is 3.00. The smallest absolute Gasteiger partial charge is 0.335 e. The molecule has 3 rings (SSSR count). The summed E-state index contributed by atoms with van der Waals surface area (Å²) >= 11 is 0. The highest BCUT2D eigenvalue weighted by atomic mass is 16.4. The van der Waals surface area contributed by atoms with Crippen LogP contribution < -0.4 is 5.56 Å². The van der Waals surface area contributed by atoms with E-state index in [0.29, 0.717) is 13.1 Å². The molecule has 7 heteroatoms. The minimum Gasteiger partial charge on any atom is -0.478 e. The van der Waals surface area contributed by atoms with E-state index in [1.807, 2.05) is 0 Å². The number of carbonyl (C=O) groups is 2. The molecule has 0 radical (unpaired) electrons. The van der Waals surface area contributed by atoms with Crippen molar-refractivity contribution in [3.05, 3.63) is 63.8 Å². The molecule has 124 valence electrons. The van der Waals surface area contributed by atoms with Gasteiger partial charge in [-0.2, -0.15) is 0 Å². The summed E-state index contributed by atoms with van der Waals surface area (Å²) in [5.41, 5.74) is 0.837. The van der Waals surface area contributed by atoms with Crippen LogP contribution in [-0.2, 0) is 0 Å². The number of likely N-dealkylation sites (tertiary alicyclic amines) is 1. The maximum atomic E-state index is 12.5. The molecular formula is C17H17N3O4. The third kappa shape index (κ3) is 3.19. The van der Waals surface area contributed by atoms with Crippen molar-refractivity contribution in [3.63, 3.8) is 0 Å². The van der Waals surface area contributed by atoms with Crippen molar-refractivity contribution in [2.45, 2.75) is 18.8 Å². The predicted octanol–water partition coefficient (Wildman–Crippen LogP) is 1.49. The van der Waals surface area contributed by atoms with Crippen molar-refractivity contribution in [2.24, 2.45) is 0 Å². The fourth-order valence-corrected chi connectivity index (χ4v) is 3.00. The number of carboxylic acids is 1. The number of piperidine rings is 1. The summed E-state index contributed by atoms with van der Waals surface area (Å²) in [5.74, 6) is -1.16. The van der Waals surface area contributed by atoms with Crippen LogP contribution in [0, 0.1) is 0 Å². The van der Waals surface area contributed by atoms with Crippen LogP contribution in [0.2, 0.25) is 0 Å². The van der Waals surface area contributed by atoms with Gasteiger partial charge in [-0.05, 0) is 30.5 Å². The van der Waals surface area contributed by atoms with Crippen LogP contribution in [-0.4, -0.2) is 44.9 Å². The Morgan fingerprint density at radius 2 is 2.00 bits per heavy atom. The van der Waals surface area contributed by atoms with Crippen LogP contribution in [0.4, 0.5) is 0 Å². The lowest BCUT2D eigenvalue weighted by atomic mass is 9.90. The number of H-pyrrole nitrogens is 1. The van der Waals surface area contributed by atoms with Crippen molar-refractivity contribution in [1.82, 2.24) is 14.9 Å². The van der Waals surface area contributed by atoms with Gasteiger partial charge in [0.1, 0.15) is 5.56 Å². The molecule has 7 nitrogen and oxygen atoms in total. The van der Waals surface area contributed by atoms with Gasteiger partial charge in [0.15, 0.2) is 0 Å². The normalized spacial score (nSPS) is 17.5. The Hall–Kier alpha value is -2.96. The highest BCUT2D eigenvalue weighted by Crippen LogP contribution is 2.27. The van der Waals surface area contributed by atoms with Crippen LogP contribution in [0.15, 0.2) is 41.6 Å². The number of carbonyl (C=O) groups excluding carboxylic acids is 1. The lowest BCUT2D eigenvalue weighted by Gasteiger charge is -2.33. The molecule has 1 aromatic carbocycles. The monoisotopic (exact) mass is 327 g/mol. The number of benzene rings is 1. The van der Waals surface area contributed by atoms with Gasteiger partial charge in [0.25, 0.3) is 11.5 Å². The SMILES string of the molecule is O=C(O)c1ccc(C2CCCN(C(=O)c3cnc[nH]c3=O)C2)cc1. The van der Waals surface area contributed by atoms with Crippen molar-refractivity contribution in [2.75, 3.05) is 13.1 Å². The molecule has 1 unspecified atom stereocenters. The van der Waals surface area contributed by atoms with Crippen LogP contribution in [0.25, 0.3) is 0 Å². The Kier molecular flexibility index (Phi) is 4.41. The van der Waals surface area contributed by atoms with Gasteiger partial charge in [0.05, 0.1) is 11.9 Å². The summed E-state index contributed by atoms with van der Waals surface area (Å²) in [6, 6.07) is 6.73. The third-order valence-corrected chi connectivity index (χ3v) is 4.29. The van der Waals surface area contributed by atoms with Gasteiger partial charge in [-0.3, -0.25) is 9.59 Å². The maximum Gasteiger partial charge on any atom is 0.335 e. The van der Waals surface area contributed by atoms with Crippen LogP contribution in [0.3, 0.4) is 0 Å². The van der Waals surface area contributed by atoms with E-state index >= 15 is 0 Å². The second-order valence-corrected chi connectivity index (χ2v) is 5.81. The summed E-state index contributed by atoms with van der Waals surface area (Å²) < 4.78 is 0. The predicted molar refractivity (Wildman–Crippen MR) is 86.1 cm³/mol. The summed E-state index contributed by atoms with van der Waals surface area (Å²) in [6.45, 7) is 1.09. The molecule has 1 atom stereocenters. The van der Waals surface area contributed by atoms with Gasteiger partial charge in [0.2, 0.25) is 0 Å². The number of aromatic amines is 1. The van der Waals surface area contributed by atoms with E-state index in [0.717, 1.165) is 18.4 Å². The first-order chi connectivity index (χ1) is 11.6. The minimum atomic E-state index is -0.960. The zero-order valence-electron chi connectivity index (χ0n) is 12.9. The first kappa shape index (κ1) is 15.9.